The van der Waals surface area contributed by atoms with Crippen LogP contribution >= 0.6 is 15.9 Å². The molecular formula is C20H21BrN2O3. The van der Waals surface area contributed by atoms with Crippen molar-refractivity contribution in [2.45, 2.75) is 25.8 Å². The molecule has 0 saturated carbocycles. The minimum Gasteiger partial charge on any atom is -0.456 e. The maximum atomic E-state index is 13.0. The van der Waals surface area contributed by atoms with Crippen LogP contribution in [-0.2, 0) is 4.79 Å². The zero-order valence-electron chi connectivity index (χ0n) is 14.6. The highest BCUT2D eigenvalue weighted by molar-refractivity contribution is 9.10. The number of hydrogen-bond acceptors (Lipinski definition) is 3. The highest BCUT2D eigenvalue weighted by Gasteiger charge is 2.25. The number of para-hydroxylation sites is 1. The zero-order chi connectivity index (χ0) is 18.5. The van der Waals surface area contributed by atoms with E-state index in [1.54, 1.807) is 12.1 Å². The number of likely N-dealkylation sites (tertiary alicyclic amines) is 1. The van der Waals surface area contributed by atoms with E-state index in [0.29, 0.717) is 30.2 Å². The van der Waals surface area contributed by atoms with Crippen LogP contribution in [0.2, 0.25) is 0 Å². The summed E-state index contributed by atoms with van der Waals surface area (Å²) in [6.45, 7) is 2.76. The summed E-state index contributed by atoms with van der Waals surface area (Å²) in [7, 11) is 0. The number of rotatable bonds is 4. The van der Waals surface area contributed by atoms with Gasteiger partial charge in [-0.3, -0.25) is 9.59 Å². The van der Waals surface area contributed by atoms with Crippen molar-refractivity contribution in [1.29, 1.82) is 0 Å². The normalized spacial score (nSPS) is 14.8. The molecule has 0 aromatic heterocycles. The Morgan fingerprint density at radius 2 is 1.85 bits per heavy atom. The van der Waals surface area contributed by atoms with Crippen LogP contribution in [0.5, 0.6) is 11.5 Å². The molecule has 6 heteroatoms. The van der Waals surface area contributed by atoms with Gasteiger partial charge in [0.2, 0.25) is 5.91 Å². The van der Waals surface area contributed by atoms with Gasteiger partial charge in [-0.2, -0.15) is 0 Å². The number of hydrogen-bond donors (Lipinski definition) is 1. The first-order valence-corrected chi connectivity index (χ1v) is 9.41. The van der Waals surface area contributed by atoms with Crippen LogP contribution in [0, 0.1) is 0 Å². The van der Waals surface area contributed by atoms with Gasteiger partial charge in [-0.05, 0) is 43.2 Å². The number of nitrogens with zero attached hydrogens (tertiary/aromatic N) is 1. The molecule has 26 heavy (non-hydrogen) atoms. The van der Waals surface area contributed by atoms with Crippen LogP contribution in [0.4, 0.5) is 0 Å². The molecule has 5 nitrogen and oxygen atoms in total. The molecule has 1 saturated heterocycles. The minimum atomic E-state index is -0.0446. The summed E-state index contributed by atoms with van der Waals surface area (Å²) >= 11 is 3.42. The summed E-state index contributed by atoms with van der Waals surface area (Å²) in [6, 6.07) is 14.9. The summed E-state index contributed by atoms with van der Waals surface area (Å²) in [5.74, 6) is 1.14. The molecule has 1 fully saturated rings. The highest BCUT2D eigenvalue weighted by Crippen LogP contribution is 2.28. The Labute approximate surface area is 161 Å². The SMILES string of the molecule is CC(=O)NC1CCN(C(=O)c2ccccc2Oc2cccc(Br)c2)CC1. The lowest BCUT2D eigenvalue weighted by Gasteiger charge is -2.32. The fourth-order valence-electron chi connectivity index (χ4n) is 3.07. The zero-order valence-corrected chi connectivity index (χ0v) is 16.2. The fraction of sp³-hybridized carbons (Fsp3) is 0.300. The van der Waals surface area contributed by atoms with Crippen LogP contribution in [0.25, 0.3) is 0 Å². The Hall–Kier alpha value is -2.34. The van der Waals surface area contributed by atoms with Gasteiger partial charge in [0, 0.05) is 30.5 Å². The van der Waals surface area contributed by atoms with Crippen molar-refractivity contribution in [2.24, 2.45) is 0 Å². The van der Waals surface area contributed by atoms with E-state index in [-0.39, 0.29) is 17.9 Å². The Kier molecular flexibility index (Phi) is 5.93. The fourth-order valence-corrected chi connectivity index (χ4v) is 3.45. The number of piperidine rings is 1. The maximum absolute atomic E-state index is 13.0. The van der Waals surface area contributed by atoms with E-state index in [1.807, 2.05) is 41.3 Å². The van der Waals surface area contributed by atoms with Gasteiger partial charge in [-0.15, -0.1) is 0 Å². The van der Waals surface area contributed by atoms with Crippen molar-refractivity contribution in [3.8, 4) is 11.5 Å². The molecule has 1 N–H and O–H groups in total. The summed E-state index contributed by atoms with van der Waals surface area (Å²) < 4.78 is 6.86. The molecular weight excluding hydrogens is 396 g/mol. The average Bonchev–Trinajstić information content (AvgIpc) is 2.62. The Morgan fingerprint density at radius 3 is 2.54 bits per heavy atom. The number of nitrogens with one attached hydrogen (secondary N) is 1. The Morgan fingerprint density at radius 1 is 1.12 bits per heavy atom. The van der Waals surface area contributed by atoms with Crippen molar-refractivity contribution in [3.63, 3.8) is 0 Å². The van der Waals surface area contributed by atoms with Crippen molar-refractivity contribution >= 4 is 27.7 Å². The molecule has 2 amide bonds. The second kappa shape index (κ2) is 8.36. The highest BCUT2D eigenvalue weighted by atomic mass is 79.9. The Balaban J connectivity index is 1.71. The second-order valence-electron chi connectivity index (χ2n) is 6.32. The van der Waals surface area contributed by atoms with E-state index in [2.05, 4.69) is 21.2 Å². The summed E-state index contributed by atoms with van der Waals surface area (Å²) in [4.78, 5) is 26.0. The monoisotopic (exact) mass is 416 g/mol. The molecule has 0 atom stereocenters. The van der Waals surface area contributed by atoms with E-state index < -0.39 is 0 Å². The third kappa shape index (κ3) is 4.64. The van der Waals surface area contributed by atoms with Gasteiger partial charge in [0.15, 0.2) is 0 Å². The number of carbonyl (C=O) groups excluding carboxylic acids is 2. The van der Waals surface area contributed by atoms with E-state index in [1.165, 1.54) is 6.92 Å². The van der Waals surface area contributed by atoms with Crippen molar-refractivity contribution in [2.75, 3.05) is 13.1 Å². The third-order valence-corrected chi connectivity index (χ3v) is 4.82. The third-order valence-electron chi connectivity index (χ3n) is 4.33. The molecule has 2 aromatic rings. The van der Waals surface area contributed by atoms with Crippen LogP contribution in [0.15, 0.2) is 53.0 Å². The van der Waals surface area contributed by atoms with Crippen LogP contribution in [0.3, 0.4) is 0 Å². The molecule has 0 bridgehead atoms. The lowest BCUT2D eigenvalue weighted by molar-refractivity contribution is -0.119. The summed E-state index contributed by atoms with van der Waals surface area (Å²) in [5, 5.41) is 2.92. The first-order valence-electron chi connectivity index (χ1n) is 8.62. The van der Waals surface area contributed by atoms with Gasteiger partial charge in [0.05, 0.1) is 5.56 Å². The number of ether oxygens (including phenoxy) is 1. The van der Waals surface area contributed by atoms with Gasteiger partial charge >= 0.3 is 0 Å². The molecule has 1 heterocycles. The summed E-state index contributed by atoms with van der Waals surface area (Å²) in [5.41, 5.74) is 0.547. The van der Waals surface area contributed by atoms with Gasteiger partial charge in [0.1, 0.15) is 11.5 Å². The lowest BCUT2D eigenvalue weighted by atomic mass is 10.0. The van der Waals surface area contributed by atoms with E-state index in [0.717, 1.165) is 17.3 Å². The molecule has 136 valence electrons. The molecule has 0 radical (unpaired) electrons. The quantitative estimate of drug-likeness (QED) is 0.819. The Bertz CT molecular complexity index is 801. The lowest BCUT2D eigenvalue weighted by Crippen LogP contribution is -2.46. The predicted molar refractivity (Wildman–Crippen MR) is 103 cm³/mol. The minimum absolute atomic E-state index is 0.0254. The maximum Gasteiger partial charge on any atom is 0.257 e. The predicted octanol–water partition coefficient (Wildman–Crippen LogP) is 3.98. The largest absolute Gasteiger partial charge is 0.456 e. The average molecular weight is 417 g/mol. The van der Waals surface area contributed by atoms with Gasteiger partial charge in [-0.1, -0.05) is 34.1 Å². The molecule has 2 aromatic carbocycles. The number of benzene rings is 2. The first kappa shape index (κ1) is 18.5. The second-order valence-corrected chi connectivity index (χ2v) is 7.24. The molecule has 1 aliphatic heterocycles. The van der Waals surface area contributed by atoms with E-state index in [4.69, 9.17) is 4.74 Å². The van der Waals surface area contributed by atoms with Crippen LogP contribution in [0.1, 0.15) is 30.1 Å². The van der Waals surface area contributed by atoms with Crippen molar-refractivity contribution in [3.05, 3.63) is 58.6 Å². The molecule has 3 rings (SSSR count). The number of halogens is 1. The smallest absolute Gasteiger partial charge is 0.257 e. The van der Waals surface area contributed by atoms with Gasteiger partial charge in [-0.25, -0.2) is 0 Å². The summed E-state index contributed by atoms with van der Waals surface area (Å²) in [6.07, 6.45) is 1.53. The van der Waals surface area contributed by atoms with E-state index in [9.17, 15) is 9.59 Å². The molecule has 1 aliphatic rings. The van der Waals surface area contributed by atoms with E-state index >= 15 is 0 Å². The number of carbonyl (C=O) groups is 2. The van der Waals surface area contributed by atoms with Gasteiger partial charge in [0.25, 0.3) is 5.91 Å². The molecule has 0 unspecified atom stereocenters. The standard InChI is InChI=1S/C20H21BrN2O3/c1-14(24)22-16-9-11-23(12-10-16)20(25)18-7-2-3-8-19(18)26-17-6-4-5-15(21)13-17/h2-8,13,16H,9-12H2,1H3,(H,22,24). The van der Waals surface area contributed by atoms with Crippen LogP contribution in [-0.4, -0.2) is 35.8 Å². The van der Waals surface area contributed by atoms with Crippen LogP contribution < -0.4 is 10.1 Å². The van der Waals surface area contributed by atoms with Crippen molar-refractivity contribution < 1.29 is 14.3 Å². The molecule has 0 spiro atoms. The van der Waals surface area contributed by atoms with Gasteiger partial charge < -0.3 is 15.0 Å². The number of amides is 2. The topological polar surface area (TPSA) is 58.6 Å². The molecule has 0 aliphatic carbocycles. The van der Waals surface area contributed by atoms with Crippen molar-refractivity contribution in [1.82, 2.24) is 10.2 Å². The first-order chi connectivity index (χ1) is 12.5.